The summed E-state index contributed by atoms with van der Waals surface area (Å²) in [5, 5.41) is 8.70. The van der Waals surface area contributed by atoms with Crippen LogP contribution in [0.15, 0.2) is 0 Å². The first-order chi connectivity index (χ1) is 13.9. The Morgan fingerprint density at radius 1 is 1.03 bits per heavy atom. The summed E-state index contributed by atoms with van der Waals surface area (Å²) in [6.07, 6.45) is 11.6. The highest BCUT2D eigenvalue weighted by atomic mass is 16.4. The van der Waals surface area contributed by atoms with E-state index in [0.717, 1.165) is 44.9 Å². The van der Waals surface area contributed by atoms with E-state index in [4.69, 9.17) is 11.5 Å². The second kappa shape index (κ2) is 9.43. The third-order valence-corrected chi connectivity index (χ3v) is 6.77. The summed E-state index contributed by atoms with van der Waals surface area (Å²) in [7, 11) is 0. The highest BCUT2D eigenvalue weighted by molar-refractivity contribution is 6.06. The lowest BCUT2D eigenvalue weighted by Gasteiger charge is -2.20. The summed E-state index contributed by atoms with van der Waals surface area (Å²) in [5.41, 5.74) is 0. The molecule has 3 amide bonds. The molecule has 7 heteroatoms. The Bertz CT molecular complexity index is 684. The topological polar surface area (TPSA) is 95.0 Å². The highest BCUT2D eigenvalue weighted by Crippen LogP contribution is 2.56. The van der Waals surface area contributed by atoms with Gasteiger partial charge in [0.1, 0.15) is 0 Å². The smallest absolute Gasteiger partial charge is 0.303 e. The number of likely N-dealkylation sites (tertiary alicyclic amines) is 1. The quantitative estimate of drug-likeness (QED) is 0.324. The summed E-state index contributed by atoms with van der Waals surface area (Å²) < 4.78 is 0. The van der Waals surface area contributed by atoms with Crippen molar-refractivity contribution in [2.45, 2.75) is 57.8 Å². The number of carbonyl (C=O) groups is 4. The van der Waals surface area contributed by atoms with E-state index in [9.17, 15) is 19.2 Å². The van der Waals surface area contributed by atoms with E-state index in [1.165, 1.54) is 9.80 Å². The third-order valence-electron chi connectivity index (χ3n) is 6.77. The molecule has 3 aliphatic rings. The van der Waals surface area contributed by atoms with Crippen molar-refractivity contribution in [2.75, 3.05) is 19.6 Å². The van der Waals surface area contributed by atoms with Crippen LogP contribution in [-0.4, -0.2) is 58.2 Å². The molecule has 0 spiro atoms. The molecule has 1 saturated heterocycles. The van der Waals surface area contributed by atoms with Gasteiger partial charge in [-0.25, -0.2) is 0 Å². The summed E-state index contributed by atoms with van der Waals surface area (Å²) in [6, 6.07) is 0. The number of nitrogens with zero attached hydrogens (tertiary/aromatic N) is 2. The zero-order valence-corrected chi connectivity index (χ0v) is 16.8. The fourth-order valence-electron chi connectivity index (χ4n) is 5.39. The van der Waals surface area contributed by atoms with Crippen LogP contribution in [0.3, 0.4) is 0 Å². The Balaban J connectivity index is 1.35. The predicted octanol–water partition coefficient (Wildman–Crippen LogP) is 1.90. The number of carboxylic acid groups (broad SMARTS) is 1. The largest absolute Gasteiger partial charge is 0.481 e. The number of unbranched alkanes of at least 4 members (excludes halogenated alkanes) is 3. The number of amides is 3. The van der Waals surface area contributed by atoms with Gasteiger partial charge in [0.15, 0.2) is 0 Å². The molecule has 7 nitrogen and oxygen atoms in total. The lowest BCUT2D eigenvalue weighted by molar-refractivity contribution is -0.141. The lowest BCUT2D eigenvalue weighted by atomic mass is 9.81. The van der Waals surface area contributed by atoms with Gasteiger partial charge >= 0.3 is 5.97 Å². The molecule has 0 aromatic rings. The fraction of sp³-hybridized carbons (Fsp3) is 0.727. The van der Waals surface area contributed by atoms with Crippen LogP contribution in [0.2, 0.25) is 0 Å². The van der Waals surface area contributed by atoms with Gasteiger partial charge in [0, 0.05) is 19.5 Å². The van der Waals surface area contributed by atoms with Crippen LogP contribution in [0.1, 0.15) is 57.8 Å². The Morgan fingerprint density at radius 3 is 2.24 bits per heavy atom. The molecule has 1 heterocycles. The minimum Gasteiger partial charge on any atom is -0.481 e. The van der Waals surface area contributed by atoms with Crippen LogP contribution in [0, 0.1) is 36.0 Å². The first kappa shape index (κ1) is 21.4. The van der Waals surface area contributed by atoms with Gasteiger partial charge in [-0.2, -0.15) is 0 Å². The normalized spacial score (nSPS) is 27.2. The van der Waals surface area contributed by atoms with Gasteiger partial charge in [0.2, 0.25) is 17.7 Å². The summed E-state index contributed by atoms with van der Waals surface area (Å²) >= 11 is 0. The number of carbonyl (C=O) groups excluding carboxylic acids is 3. The molecule has 4 atom stereocenters. The van der Waals surface area contributed by atoms with Crippen molar-refractivity contribution < 1.29 is 24.3 Å². The molecule has 2 bridgehead atoms. The Kier molecular flexibility index (Phi) is 6.94. The van der Waals surface area contributed by atoms with Crippen molar-refractivity contribution in [1.29, 1.82) is 0 Å². The molecule has 1 N–H and O–H groups in total. The van der Waals surface area contributed by atoms with E-state index in [2.05, 4.69) is 5.92 Å². The average Bonchev–Trinajstić information content (AvgIpc) is 3.37. The van der Waals surface area contributed by atoms with Crippen molar-refractivity contribution in [1.82, 2.24) is 9.80 Å². The summed E-state index contributed by atoms with van der Waals surface area (Å²) in [4.78, 5) is 51.0. The van der Waals surface area contributed by atoms with Crippen LogP contribution in [0.25, 0.3) is 0 Å². The van der Waals surface area contributed by atoms with Crippen LogP contribution in [-0.2, 0) is 19.2 Å². The Morgan fingerprint density at radius 2 is 1.66 bits per heavy atom. The zero-order valence-electron chi connectivity index (χ0n) is 16.8. The van der Waals surface area contributed by atoms with Crippen molar-refractivity contribution in [3.63, 3.8) is 0 Å². The summed E-state index contributed by atoms with van der Waals surface area (Å²) in [6.45, 7) is 1.17. The molecule has 1 aliphatic heterocycles. The van der Waals surface area contributed by atoms with Crippen LogP contribution < -0.4 is 0 Å². The molecule has 0 aromatic carbocycles. The number of hydrogen-bond donors (Lipinski definition) is 1. The molecule has 0 aromatic heterocycles. The molecule has 29 heavy (non-hydrogen) atoms. The van der Waals surface area contributed by atoms with Crippen LogP contribution in [0.4, 0.5) is 0 Å². The van der Waals surface area contributed by atoms with Gasteiger partial charge in [0.05, 0.1) is 24.8 Å². The molecule has 3 fully saturated rings. The number of imide groups is 1. The van der Waals surface area contributed by atoms with Crippen LogP contribution in [0.5, 0.6) is 0 Å². The van der Waals surface area contributed by atoms with Crippen LogP contribution >= 0.6 is 0 Å². The van der Waals surface area contributed by atoms with E-state index in [-0.39, 0.29) is 48.9 Å². The maximum Gasteiger partial charge on any atom is 0.303 e. The minimum atomic E-state index is -0.998. The van der Waals surface area contributed by atoms with Gasteiger partial charge in [-0.3, -0.25) is 24.1 Å². The number of carboxylic acids is 1. The molecule has 0 radical (unpaired) electrons. The lowest BCUT2D eigenvalue weighted by Crippen LogP contribution is -2.34. The average molecular weight is 402 g/mol. The molecule has 2 unspecified atom stereocenters. The maximum atomic E-state index is 12.7. The molecule has 2 aliphatic carbocycles. The SMILES string of the molecule is C#CCN(CCCCCCN1C(=O)[C@@H]2C3CCC(C3)[C@@H]2C1=O)C(=O)CCC(=O)O. The number of fused-ring (bicyclic) bond motifs is 5. The van der Waals surface area contributed by atoms with Crippen molar-refractivity contribution in [3.05, 3.63) is 0 Å². The number of rotatable bonds is 11. The Hall–Kier alpha value is -2.36. The van der Waals surface area contributed by atoms with Gasteiger partial charge in [-0.05, 0) is 43.9 Å². The first-order valence-electron chi connectivity index (χ1n) is 10.7. The fourth-order valence-corrected chi connectivity index (χ4v) is 5.39. The number of terminal acetylenes is 1. The Labute approximate surface area is 171 Å². The third kappa shape index (κ3) is 4.63. The standard InChI is InChI=1S/C22H30N2O5/c1-2-11-23(17(25)9-10-18(26)27)12-5-3-4-6-13-24-21(28)19-15-7-8-16(14-15)20(19)22(24)29/h1,15-16,19-20H,3-14H2,(H,26,27)/t15?,16?,19-,20+. The highest BCUT2D eigenvalue weighted by Gasteiger charge is 2.60. The first-order valence-corrected chi connectivity index (χ1v) is 10.7. The van der Waals surface area contributed by atoms with E-state index < -0.39 is 5.97 Å². The van der Waals surface area contributed by atoms with Gasteiger partial charge in [0.25, 0.3) is 0 Å². The van der Waals surface area contributed by atoms with E-state index in [1.54, 1.807) is 0 Å². The van der Waals surface area contributed by atoms with Gasteiger partial charge in [-0.15, -0.1) is 6.42 Å². The second-order valence-electron chi connectivity index (χ2n) is 8.54. The monoisotopic (exact) mass is 402 g/mol. The van der Waals surface area contributed by atoms with Crippen molar-refractivity contribution >= 4 is 23.7 Å². The molecular weight excluding hydrogens is 372 g/mol. The van der Waals surface area contributed by atoms with E-state index >= 15 is 0 Å². The van der Waals surface area contributed by atoms with Gasteiger partial charge < -0.3 is 10.0 Å². The van der Waals surface area contributed by atoms with Gasteiger partial charge in [-0.1, -0.05) is 18.8 Å². The molecular formula is C22H30N2O5. The predicted molar refractivity (Wildman–Crippen MR) is 105 cm³/mol. The molecule has 2 saturated carbocycles. The molecule has 158 valence electrons. The zero-order chi connectivity index (χ0) is 21.0. The molecule has 3 rings (SSSR count). The number of aliphatic carboxylic acids is 1. The van der Waals surface area contributed by atoms with E-state index in [0.29, 0.717) is 24.9 Å². The number of hydrogen-bond acceptors (Lipinski definition) is 4. The minimum absolute atomic E-state index is 0.0412. The second-order valence-corrected chi connectivity index (χ2v) is 8.54. The summed E-state index contributed by atoms with van der Waals surface area (Å²) in [5.74, 6) is 2.07. The van der Waals surface area contributed by atoms with Crippen molar-refractivity contribution in [3.8, 4) is 12.3 Å². The van der Waals surface area contributed by atoms with Crippen molar-refractivity contribution in [2.24, 2.45) is 23.7 Å². The maximum absolute atomic E-state index is 12.7. The van der Waals surface area contributed by atoms with E-state index in [1.807, 2.05) is 0 Å².